The van der Waals surface area contributed by atoms with Crippen LogP contribution >= 0.6 is 0 Å². The van der Waals surface area contributed by atoms with Gasteiger partial charge in [0.1, 0.15) is 0 Å². The van der Waals surface area contributed by atoms with E-state index < -0.39 is 11.9 Å². The number of hydrogen-bond donors (Lipinski definition) is 3. The van der Waals surface area contributed by atoms with E-state index in [0.29, 0.717) is 0 Å². The fraction of sp³-hybridized carbons (Fsp3) is 0. The molecular weight excluding hydrogens is 272 g/mol. The molecule has 0 aliphatic rings. The second kappa shape index (κ2) is 6.29. The first-order valence-electron chi connectivity index (χ1n) is 5.94. The van der Waals surface area contributed by atoms with Crippen molar-refractivity contribution in [3.05, 3.63) is 59.4 Å². The van der Waals surface area contributed by atoms with Crippen LogP contribution in [0.5, 0.6) is 0 Å². The van der Waals surface area contributed by atoms with Gasteiger partial charge in [0, 0.05) is 29.2 Å². The number of nitrogens with zero attached hydrogens (tertiary/aromatic N) is 2. The van der Waals surface area contributed by atoms with Crippen LogP contribution in [0.4, 0.5) is 5.69 Å². The van der Waals surface area contributed by atoms with Crippen molar-refractivity contribution in [2.24, 2.45) is 5.10 Å². The number of carbonyl (C=O) groups is 2. The first kappa shape index (κ1) is 14.2. The molecule has 0 atom stereocenters. The Hall–Kier alpha value is -3.22. The van der Waals surface area contributed by atoms with Crippen molar-refractivity contribution in [2.75, 3.05) is 5.73 Å². The maximum atomic E-state index is 11.8. The third-order valence-corrected chi connectivity index (χ3v) is 2.61. The Morgan fingerprint density at radius 2 is 2.14 bits per heavy atom. The zero-order valence-electron chi connectivity index (χ0n) is 10.9. The number of aromatic nitrogens is 1. The van der Waals surface area contributed by atoms with Crippen molar-refractivity contribution in [1.29, 1.82) is 0 Å². The Morgan fingerprint density at radius 1 is 1.33 bits per heavy atom. The smallest absolute Gasteiger partial charge is 0.337 e. The summed E-state index contributed by atoms with van der Waals surface area (Å²) in [7, 11) is 0. The molecule has 1 heterocycles. The highest BCUT2D eigenvalue weighted by Gasteiger charge is 2.11. The number of hydrazone groups is 1. The first-order chi connectivity index (χ1) is 10.1. The lowest BCUT2D eigenvalue weighted by Crippen LogP contribution is -2.18. The highest BCUT2D eigenvalue weighted by atomic mass is 16.4. The maximum Gasteiger partial charge on any atom is 0.337 e. The number of benzene rings is 1. The van der Waals surface area contributed by atoms with Gasteiger partial charge in [-0.1, -0.05) is 6.07 Å². The van der Waals surface area contributed by atoms with Crippen molar-refractivity contribution < 1.29 is 14.7 Å². The Balaban J connectivity index is 2.06. The van der Waals surface area contributed by atoms with E-state index in [1.165, 1.54) is 24.4 Å². The van der Waals surface area contributed by atoms with Crippen LogP contribution in [-0.2, 0) is 0 Å². The van der Waals surface area contributed by atoms with E-state index in [9.17, 15) is 9.59 Å². The number of nitrogens with one attached hydrogen (secondary N) is 1. The number of carboxylic acids is 1. The van der Waals surface area contributed by atoms with Gasteiger partial charge in [-0.25, -0.2) is 10.2 Å². The first-order valence-corrected chi connectivity index (χ1v) is 5.94. The molecule has 2 aromatic rings. The number of pyridine rings is 1. The van der Waals surface area contributed by atoms with Gasteiger partial charge in [0.15, 0.2) is 0 Å². The second-order valence-electron chi connectivity index (χ2n) is 4.09. The summed E-state index contributed by atoms with van der Waals surface area (Å²) >= 11 is 0. The molecule has 0 saturated heterocycles. The summed E-state index contributed by atoms with van der Waals surface area (Å²) in [5, 5.41) is 12.6. The van der Waals surface area contributed by atoms with E-state index in [0.717, 1.165) is 5.56 Å². The molecule has 0 bridgehead atoms. The summed E-state index contributed by atoms with van der Waals surface area (Å²) < 4.78 is 0. The van der Waals surface area contributed by atoms with E-state index in [2.05, 4.69) is 15.5 Å². The Bertz CT molecular complexity index is 699. The van der Waals surface area contributed by atoms with Gasteiger partial charge in [-0.15, -0.1) is 0 Å². The third kappa shape index (κ3) is 3.63. The molecule has 0 unspecified atom stereocenters. The largest absolute Gasteiger partial charge is 0.478 e. The molecule has 1 amide bonds. The van der Waals surface area contributed by atoms with Gasteiger partial charge in [-0.3, -0.25) is 9.78 Å². The molecular formula is C14H12N4O3. The average Bonchev–Trinajstić information content (AvgIpc) is 2.47. The quantitative estimate of drug-likeness (QED) is 0.442. The summed E-state index contributed by atoms with van der Waals surface area (Å²) in [6.07, 6.45) is 4.66. The topological polar surface area (TPSA) is 118 Å². The Labute approximate surface area is 120 Å². The fourth-order valence-corrected chi connectivity index (χ4v) is 1.58. The minimum Gasteiger partial charge on any atom is -0.478 e. The molecule has 7 heteroatoms. The average molecular weight is 284 g/mol. The van der Waals surface area contributed by atoms with E-state index in [1.807, 2.05) is 0 Å². The van der Waals surface area contributed by atoms with Crippen LogP contribution in [0.1, 0.15) is 26.3 Å². The summed E-state index contributed by atoms with van der Waals surface area (Å²) in [6.45, 7) is 0. The maximum absolute atomic E-state index is 11.8. The lowest BCUT2D eigenvalue weighted by molar-refractivity contribution is 0.0697. The number of aromatic carboxylic acids is 1. The molecule has 4 N–H and O–H groups in total. The third-order valence-electron chi connectivity index (χ3n) is 2.61. The molecule has 0 radical (unpaired) electrons. The number of anilines is 1. The van der Waals surface area contributed by atoms with Crippen molar-refractivity contribution >= 4 is 23.8 Å². The SMILES string of the molecule is Nc1cc(C(=O)N/N=C/c2cccnc2)ccc1C(=O)O. The van der Waals surface area contributed by atoms with Crippen molar-refractivity contribution in [2.45, 2.75) is 0 Å². The molecule has 1 aromatic heterocycles. The summed E-state index contributed by atoms with van der Waals surface area (Å²) in [5.41, 5.74) is 8.82. The lowest BCUT2D eigenvalue weighted by Gasteiger charge is -2.04. The Morgan fingerprint density at radius 3 is 2.76 bits per heavy atom. The van der Waals surface area contributed by atoms with E-state index in [1.54, 1.807) is 24.5 Å². The minimum atomic E-state index is -1.14. The van der Waals surface area contributed by atoms with Crippen LogP contribution in [-0.4, -0.2) is 28.2 Å². The van der Waals surface area contributed by atoms with Gasteiger partial charge in [0.25, 0.3) is 5.91 Å². The van der Waals surface area contributed by atoms with Crippen LogP contribution in [0.15, 0.2) is 47.8 Å². The molecule has 106 valence electrons. The number of carbonyl (C=O) groups excluding carboxylic acids is 1. The molecule has 0 aliphatic heterocycles. The monoisotopic (exact) mass is 284 g/mol. The number of nitrogen functional groups attached to an aromatic ring is 1. The van der Waals surface area contributed by atoms with Crippen molar-refractivity contribution in [3.63, 3.8) is 0 Å². The number of carboxylic acid groups (broad SMARTS) is 1. The van der Waals surface area contributed by atoms with Crippen LogP contribution in [0.2, 0.25) is 0 Å². The van der Waals surface area contributed by atoms with Crippen LogP contribution in [0.25, 0.3) is 0 Å². The molecule has 2 rings (SSSR count). The predicted octanol–water partition coefficient (Wildman–Crippen LogP) is 1.13. The van der Waals surface area contributed by atoms with Crippen molar-refractivity contribution in [1.82, 2.24) is 10.4 Å². The van der Waals surface area contributed by atoms with Crippen molar-refractivity contribution in [3.8, 4) is 0 Å². The number of nitrogens with two attached hydrogens (primary N) is 1. The zero-order valence-corrected chi connectivity index (χ0v) is 10.9. The molecule has 21 heavy (non-hydrogen) atoms. The summed E-state index contributed by atoms with van der Waals surface area (Å²) in [6, 6.07) is 7.46. The molecule has 0 aliphatic carbocycles. The standard InChI is InChI=1S/C14H12N4O3/c15-12-6-10(3-4-11(12)14(20)21)13(19)18-17-8-9-2-1-5-16-7-9/h1-8H,15H2,(H,18,19)(H,20,21)/b17-8+. The summed E-state index contributed by atoms with van der Waals surface area (Å²) in [5.74, 6) is -1.63. The van der Waals surface area contributed by atoms with Crippen LogP contribution < -0.4 is 11.2 Å². The van der Waals surface area contributed by atoms with Crippen LogP contribution in [0.3, 0.4) is 0 Å². The fourth-order valence-electron chi connectivity index (χ4n) is 1.58. The normalized spacial score (nSPS) is 10.5. The molecule has 7 nitrogen and oxygen atoms in total. The van der Waals surface area contributed by atoms with E-state index >= 15 is 0 Å². The number of rotatable bonds is 4. The number of amides is 1. The van der Waals surface area contributed by atoms with Gasteiger partial charge in [-0.2, -0.15) is 5.10 Å². The zero-order chi connectivity index (χ0) is 15.2. The van der Waals surface area contributed by atoms with Gasteiger partial charge < -0.3 is 10.8 Å². The minimum absolute atomic E-state index is 0.0198. The van der Waals surface area contributed by atoms with Gasteiger partial charge in [-0.05, 0) is 24.3 Å². The highest BCUT2D eigenvalue weighted by molar-refractivity contribution is 5.99. The summed E-state index contributed by atoms with van der Waals surface area (Å²) in [4.78, 5) is 26.5. The predicted molar refractivity (Wildman–Crippen MR) is 77.1 cm³/mol. The number of hydrogen-bond acceptors (Lipinski definition) is 5. The molecule has 1 aromatic carbocycles. The van der Waals surface area contributed by atoms with Gasteiger partial charge >= 0.3 is 5.97 Å². The molecule has 0 saturated carbocycles. The highest BCUT2D eigenvalue weighted by Crippen LogP contribution is 2.14. The second-order valence-corrected chi connectivity index (χ2v) is 4.09. The van der Waals surface area contributed by atoms with E-state index in [4.69, 9.17) is 10.8 Å². The van der Waals surface area contributed by atoms with Crippen LogP contribution in [0, 0.1) is 0 Å². The molecule has 0 fully saturated rings. The molecule has 0 spiro atoms. The lowest BCUT2D eigenvalue weighted by atomic mass is 10.1. The van der Waals surface area contributed by atoms with Gasteiger partial charge in [0.2, 0.25) is 0 Å². The van der Waals surface area contributed by atoms with Gasteiger partial charge in [0.05, 0.1) is 11.8 Å². The Kier molecular flexibility index (Phi) is 4.25. The van der Waals surface area contributed by atoms with E-state index in [-0.39, 0.29) is 16.8 Å².